The van der Waals surface area contributed by atoms with E-state index in [1.54, 1.807) is 6.20 Å². The second-order valence-electron chi connectivity index (χ2n) is 3.57. The molecule has 0 unspecified atom stereocenters. The summed E-state index contributed by atoms with van der Waals surface area (Å²) >= 11 is 1.48. The fraction of sp³-hybridized carbons (Fsp3) is 0.667. The Balaban J connectivity index is 2.22. The number of hydrogen-bond donors (Lipinski definition) is 2. The van der Waals surface area contributed by atoms with Crippen molar-refractivity contribution in [2.75, 3.05) is 31.2 Å². The van der Waals surface area contributed by atoms with Crippen molar-refractivity contribution < 1.29 is 0 Å². The standard InChI is InChI=1S/C9H18N4S/c1-7(2)13(3)5-4-11-9-12-6-8(10)14-9/h6-7H,4-5,10H2,1-3H3,(H,11,12). The van der Waals surface area contributed by atoms with E-state index in [9.17, 15) is 0 Å². The van der Waals surface area contributed by atoms with Crippen LogP contribution in [-0.2, 0) is 0 Å². The second kappa shape index (κ2) is 5.17. The Hall–Kier alpha value is -0.810. The molecule has 0 saturated carbocycles. The van der Waals surface area contributed by atoms with Gasteiger partial charge in [-0.15, -0.1) is 0 Å². The highest BCUT2D eigenvalue weighted by atomic mass is 32.1. The Morgan fingerprint density at radius 3 is 2.86 bits per heavy atom. The second-order valence-corrected chi connectivity index (χ2v) is 4.63. The molecule has 4 nitrogen and oxygen atoms in total. The van der Waals surface area contributed by atoms with Gasteiger partial charge in [0.25, 0.3) is 0 Å². The molecule has 0 atom stereocenters. The zero-order valence-corrected chi connectivity index (χ0v) is 9.77. The lowest BCUT2D eigenvalue weighted by atomic mass is 10.3. The Morgan fingerprint density at radius 1 is 1.64 bits per heavy atom. The first-order valence-corrected chi connectivity index (χ1v) is 5.56. The van der Waals surface area contributed by atoms with Gasteiger partial charge >= 0.3 is 0 Å². The summed E-state index contributed by atoms with van der Waals surface area (Å²) in [5.41, 5.74) is 5.56. The number of aromatic nitrogens is 1. The summed E-state index contributed by atoms with van der Waals surface area (Å²) in [5.74, 6) is 0. The molecule has 14 heavy (non-hydrogen) atoms. The number of likely N-dealkylation sites (N-methyl/N-ethyl adjacent to an activating group) is 1. The van der Waals surface area contributed by atoms with Gasteiger partial charge in [0.15, 0.2) is 5.13 Å². The lowest BCUT2D eigenvalue weighted by Gasteiger charge is -2.20. The van der Waals surface area contributed by atoms with E-state index in [0.29, 0.717) is 6.04 Å². The molecule has 5 heteroatoms. The minimum Gasteiger partial charge on any atom is -0.389 e. The summed E-state index contributed by atoms with van der Waals surface area (Å²) in [4.78, 5) is 6.40. The SMILES string of the molecule is CC(C)N(C)CCNc1ncc(N)s1. The zero-order chi connectivity index (χ0) is 10.6. The van der Waals surface area contributed by atoms with E-state index in [1.807, 2.05) is 0 Å². The first-order chi connectivity index (χ1) is 6.59. The zero-order valence-electron chi connectivity index (χ0n) is 8.95. The summed E-state index contributed by atoms with van der Waals surface area (Å²) in [6.45, 7) is 6.28. The van der Waals surface area contributed by atoms with Gasteiger partial charge in [-0.2, -0.15) is 0 Å². The quantitative estimate of drug-likeness (QED) is 0.779. The lowest BCUT2D eigenvalue weighted by Crippen LogP contribution is -2.31. The van der Waals surface area contributed by atoms with Gasteiger partial charge in [-0.25, -0.2) is 4.98 Å². The van der Waals surface area contributed by atoms with E-state index in [1.165, 1.54) is 11.3 Å². The summed E-state index contributed by atoms with van der Waals surface area (Å²) in [7, 11) is 2.11. The monoisotopic (exact) mass is 214 g/mol. The number of nitrogens with one attached hydrogen (secondary N) is 1. The third-order valence-corrected chi connectivity index (χ3v) is 2.93. The summed E-state index contributed by atoms with van der Waals surface area (Å²) in [5, 5.41) is 4.89. The van der Waals surface area contributed by atoms with Crippen LogP contribution >= 0.6 is 11.3 Å². The van der Waals surface area contributed by atoms with Crippen LogP contribution in [0.1, 0.15) is 13.8 Å². The van der Waals surface area contributed by atoms with Crippen LogP contribution in [-0.4, -0.2) is 36.1 Å². The molecule has 80 valence electrons. The average molecular weight is 214 g/mol. The minimum atomic E-state index is 0.582. The molecule has 0 fully saturated rings. The molecule has 1 rings (SSSR count). The van der Waals surface area contributed by atoms with Crippen molar-refractivity contribution >= 4 is 21.5 Å². The highest BCUT2D eigenvalue weighted by Crippen LogP contribution is 2.18. The maximum atomic E-state index is 5.56. The Morgan fingerprint density at radius 2 is 2.36 bits per heavy atom. The molecule has 1 aromatic heterocycles. The third kappa shape index (κ3) is 3.51. The lowest BCUT2D eigenvalue weighted by molar-refractivity contribution is 0.284. The van der Waals surface area contributed by atoms with Gasteiger partial charge in [0, 0.05) is 19.1 Å². The highest BCUT2D eigenvalue weighted by Gasteiger charge is 2.02. The number of nitrogens with two attached hydrogens (primary N) is 1. The van der Waals surface area contributed by atoms with Gasteiger partial charge < -0.3 is 16.0 Å². The van der Waals surface area contributed by atoms with Gasteiger partial charge in [0.1, 0.15) is 5.00 Å². The molecule has 0 bridgehead atoms. The number of thiazole rings is 1. The van der Waals surface area contributed by atoms with E-state index in [0.717, 1.165) is 23.2 Å². The molecule has 0 aliphatic rings. The van der Waals surface area contributed by atoms with E-state index in [4.69, 9.17) is 5.73 Å². The highest BCUT2D eigenvalue weighted by molar-refractivity contribution is 7.19. The number of nitrogen functional groups attached to an aromatic ring is 1. The molecule has 0 spiro atoms. The summed E-state index contributed by atoms with van der Waals surface area (Å²) in [6.07, 6.45) is 1.68. The number of rotatable bonds is 5. The van der Waals surface area contributed by atoms with Crippen LogP contribution in [0.25, 0.3) is 0 Å². The van der Waals surface area contributed by atoms with Crippen molar-refractivity contribution in [1.29, 1.82) is 0 Å². The first-order valence-electron chi connectivity index (χ1n) is 4.75. The van der Waals surface area contributed by atoms with Gasteiger partial charge in [0.05, 0.1) is 6.20 Å². The Labute approximate surface area is 89.1 Å². The molecular weight excluding hydrogens is 196 g/mol. The molecule has 0 amide bonds. The van der Waals surface area contributed by atoms with Gasteiger partial charge in [0.2, 0.25) is 0 Å². The predicted octanol–water partition coefficient (Wildman–Crippen LogP) is 1.48. The number of anilines is 2. The van der Waals surface area contributed by atoms with E-state index in [-0.39, 0.29) is 0 Å². The number of hydrogen-bond acceptors (Lipinski definition) is 5. The molecule has 1 aromatic rings. The molecule has 0 radical (unpaired) electrons. The van der Waals surface area contributed by atoms with Crippen molar-refractivity contribution in [3.8, 4) is 0 Å². The third-order valence-electron chi connectivity index (χ3n) is 2.15. The van der Waals surface area contributed by atoms with Crippen molar-refractivity contribution in [3.63, 3.8) is 0 Å². The smallest absolute Gasteiger partial charge is 0.184 e. The van der Waals surface area contributed by atoms with Gasteiger partial charge in [-0.3, -0.25) is 0 Å². The van der Waals surface area contributed by atoms with Crippen LogP contribution in [0.3, 0.4) is 0 Å². The molecule has 1 heterocycles. The van der Waals surface area contributed by atoms with E-state index >= 15 is 0 Å². The van der Waals surface area contributed by atoms with Crippen LogP contribution in [0, 0.1) is 0 Å². The maximum Gasteiger partial charge on any atom is 0.184 e. The first kappa shape index (κ1) is 11.3. The van der Waals surface area contributed by atoms with Crippen molar-refractivity contribution in [1.82, 2.24) is 9.88 Å². The van der Waals surface area contributed by atoms with Crippen LogP contribution < -0.4 is 11.1 Å². The Kier molecular flexibility index (Phi) is 4.16. The molecule has 3 N–H and O–H groups in total. The van der Waals surface area contributed by atoms with Crippen LogP contribution in [0.2, 0.25) is 0 Å². The maximum absolute atomic E-state index is 5.56. The van der Waals surface area contributed by atoms with Crippen LogP contribution in [0.4, 0.5) is 10.1 Å². The topological polar surface area (TPSA) is 54.2 Å². The largest absolute Gasteiger partial charge is 0.389 e. The molecule has 0 aromatic carbocycles. The predicted molar refractivity (Wildman–Crippen MR) is 62.8 cm³/mol. The van der Waals surface area contributed by atoms with E-state index in [2.05, 4.69) is 36.1 Å². The van der Waals surface area contributed by atoms with E-state index < -0.39 is 0 Å². The van der Waals surface area contributed by atoms with Crippen molar-refractivity contribution in [2.45, 2.75) is 19.9 Å². The average Bonchev–Trinajstić information content (AvgIpc) is 2.51. The summed E-state index contributed by atoms with van der Waals surface area (Å²) in [6, 6.07) is 0.582. The number of nitrogens with zero attached hydrogens (tertiary/aromatic N) is 2. The van der Waals surface area contributed by atoms with Gasteiger partial charge in [-0.05, 0) is 20.9 Å². The fourth-order valence-electron chi connectivity index (χ4n) is 0.966. The van der Waals surface area contributed by atoms with Gasteiger partial charge in [-0.1, -0.05) is 11.3 Å². The Bertz CT molecular complexity index is 272. The molecular formula is C9H18N4S. The van der Waals surface area contributed by atoms with Crippen molar-refractivity contribution in [3.05, 3.63) is 6.20 Å². The molecule has 0 aliphatic heterocycles. The molecule has 0 saturated heterocycles. The molecule has 0 aliphatic carbocycles. The fourth-order valence-corrected chi connectivity index (χ4v) is 1.57. The van der Waals surface area contributed by atoms with Crippen molar-refractivity contribution in [2.24, 2.45) is 0 Å². The summed E-state index contributed by atoms with van der Waals surface area (Å²) < 4.78 is 0. The minimum absolute atomic E-state index is 0.582. The normalized spacial score (nSPS) is 11.2. The van der Waals surface area contributed by atoms with Crippen LogP contribution in [0.15, 0.2) is 6.20 Å². The van der Waals surface area contributed by atoms with Crippen LogP contribution in [0.5, 0.6) is 0 Å².